The third-order valence-corrected chi connectivity index (χ3v) is 3.29. The van der Waals surface area contributed by atoms with Crippen molar-refractivity contribution < 1.29 is 4.42 Å². The molecule has 0 bridgehead atoms. The van der Waals surface area contributed by atoms with E-state index in [9.17, 15) is 0 Å². The van der Waals surface area contributed by atoms with E-state index in [4.69, 9.17) is 21.3 Å². The van der Waals surface area contributed by atoms with Crippen LogP contribution < -0.4 is 4.90 Å². The minimum atomic E-state index is 0.346. The molecule has 0 spiro atoms. The van der Waals surface area contributed by atoms with Crippen molar-refractivity contribution in [3.05, 3.63) is 47.0 Å². The van der Waals surface area contributed by atoms with Gasteiger partial charge in [-0.2, -0.15) is 5.26 Å². The van der Waals surface area contributed by atoms with Gasteiger partial charge in [0.05, 0.1) is 24.4 Å². The van der Waals surface area contributed by atoms with Crippen LogP contribution in [0, 0.1) is 11.3 Å². The molecule has 0 unspecified atom stereocenters. The van der Waals surface area contributed by atoms with Crippen molar-refractivity contribution in [3.8, 4) is 6.07 Å². The van der Waals surface area contributed by atoms with Crippen molar-refractivity contribution in [2.75, 3.05) is 4.90 Å². The van der Waals surface area contributed by atoms with Crippen LogP contribution in [0.3, 0.4) is 0 Å². The predicted molar refractivity (Wildman–Crippen MR) is 71.9 cm³/mol. The molecular weight excluding hydrogens is 262 g/mol. The number of nitriles is 1. The van der Waals surface area contributed by atoms with E-state index >= 15 is 0 Å². The smallest absolute Gasteiger partial charge is 0.132 e. The number of anilines is 1. The van der Waals surface area contributed by atoms with Crippen LogP contribution in [0.5, 0.6) is 0 Å². The van der Waals surface area contributed by atoms with Crippen LogP contribution in [0.1, 0.15) is 24.2 Å². The maximum atomic E-state index is 9.01. The van der Waals surface area contributed by atoms with E-state index in [-0.39, 0.29) is 0 Å². The van der Waals surface area contributed by atoms with Gasteiger partial charge in [0.2, 0.25) is 0 Å². The molecular formula is C14H12ClN3O. The number of hydrogen-bond acceptors (Lipinski definition) is 4. The lowest BCUT2D eigenvalue weighted by atomic mass is 10.2. The summed E-state index contributed by atoms with van der Waals surface area (Å²) in [4.78, 5) is 6.47. The molecule has 1 aliphatic carbocycles. The Labute approximate surface area is 116 Å². The zero-order chi connectivity index (χ0) is 13.2. The van der Waals surface area contributed by atoms with Crippen molar-refractivity contribution in [1.82, 2.24) is 4.98 Å². The van der Waals surface area contributed by atoms with Crippen LogP contribution >= 0.6 is 11.6 Å². The van der Waals surface area contributed by atoms with Crippen LogP contribution in [0.25, 0.3) is 0 Å². The van der Waals surface area contributed by atoms with Gasteiger partial charge in [0, 0.05) is 6.04 Å². The molecule has 0 atom stereocenters. The highest BCUT2D eigenvalue weighted by Crippen LogP contribution is 2.33. The molecule has 0 amide bonds. The standard InChI is InChI=1S/C14H12ClN3O/c15-13-6-10(8-16)7-14(17-13)18(11-3-4-11)9-12-2-1-5-19-12/h1-2,5-7,11H,3-4,9H2. The molecule has 3 rings (SSSR count). The van der Waals surface area contributed by atoms with Gasteiger partial charge in [-0.1, -0.05) is 11.6 Å². The van der Waals surface area contributed by atoms with Crippen LogP contribution in [0.15, 0.2) is 34.9 Å². The molecule has 0 aromatic carbocycles. The highest BCUT2D eigenvalue weighted by Gasteiger charge is 2.31. The molecule has 0 N–H and O–H groups in total. The highest BCUT2D eigenvalue weighted by atomic mass is 35.5. The first kappa shape index (κ1) is 12.1. The fraction of sp³-hybridized carbons (Fsp3) is 0.286. The molecule has 0 radical (unpaired) electrons. The first-order chi connectivity index (χ1) is 9.26. The SMILES string of the molecule is N#Cc1cc(Cl)nc(N(Cc2ccco2)C2CC2)c1. The third-order valence-electron chi connectivity index (χ3n) is 3.10. The number of nitrogens with zero attached hydrogens (tertiary/aromatic N) is 3. The topological polar surface area (TPSA) is 53.1 Å². The van der Waals surface area contributed by atoms with Gasteiger partial charge in [-0.15, -0.1) is 0 Å². The molecule has 2 aromatic heterocycles. The monoisotopic (exact) mass is 273 g/mol. The zero-order valence-corrected chi connectivity index (χ0v) is 11.0. The summed E-state index contributed by atoms with van der Waals surface area (Å²) in [5, 5.41) is 9.35. The van der Waals surface area contributed by atoms with Gasteiger partial charge in [-0.05, 0) is 37.1 Å². The van der Waals surface area contributed by atoms with Crippen molar-refractivity contribution in [1.29, 1.82) is 5.26 Å². The number of rotatable bonds is 4. The second-order valence-corrected chi connectivity index (χ2v) is 4.97. The second-order valence-electron chi connectivity index (χ2n) is 4.59. The third kappa shape index (κ3) is 2.72. The fourth-order valence-corrected chi connectivity index (χ4v) is 2.25. The lowest BCUT2D eigenvalue weighted by molar-refractivity contribution is 0.500. The number of hydrogen-bond donors (Lipinski definition) is 0. The average Bonchev–Trinajstić information content (AvgIpc) is 3.12. The summed E-state index contributed by atoms with van der Waals surface area (Å²) in [6.45, 7) is 0.649. The van der Waals surface area contributed by atoms with Crippen LogP contribution in [-0.2, 0) is 6.54 Å². The Bertz CT molecular complexity index is 614. The lowest BCUT2D eigenvalue weighted by Gasteiger charge is -2.22. The molecule has 4 nitrogen and oxygen atoms in total. The fourth-order valence-electron chi connectivity index (χ4n) is 2.05. The molecule has 1 fully saturated rings. The first-order valence-electron chi connectivity index (χ1n) is 6.13. The summed E-state index contributed by atoms with van der Waals surface area (Å²) >= 11 is 5.97. The van der Waals surface area contributed by atoms with Crippen molar-refractivity contribution in [2.45, 2.75) is 25.4 Å². The minimum Gasteiger partial charge on any atom is -0.467 e. The minimum absolute atomic E-state index is 0.346. The molecule has 1 aliphatic rings. The Morgan fingerprint density at radius 1 is 1.47 bits per heavy atom. The lowest BCUT2D eigenvalue weighted by Crippen LogP contribution is -2.25. The van der Waals surface area contributed by atoms with E-state index in [0.717, 1.165) is 24.4 Å². The molecule has 19 heavy (non-hydrogen) atoms. The molecule has 1 saturated carbocycles. The first-order valence-corrected chi connectivity index (χ1v) is 6.51. The van der Waals surface area contributed by atoms with Crippen LogP contribution in [0.2, 0.25) is 5.15 Å². The highest BCUT2D eigenvalue weighted by molar-refractivity contribution is 6.29. The van der Waals surface area contributed by atoms with Crippen LogP contribution in [0.4, 0.5) is 5.82 Å². The maximum Gasteiger partial charge on any atom is 0.132 e. The van der Waals surface area contributed by atoms with E-state index < -0.39 is 0 Å². The predicted octanol–water partition coefficient (Wildman–Crippen LogP) is 3.37. The normalized spacial score (nSPS) is 14.1. The van der Waals surface area contributed by atoms with Gasteiger partial charge in [-0.3, -0.25) is 0 Å². The summed E-state index contributed by atoms with van der Waals surface area (Å²) in [6.07, 6.45) is 3.93. The summed E-state index contributed by atoms with van der Waals surface area (Å²) in [6, 6.07) is 9.71. The Kier molecular flexibility index (Phi) is 3.14. The van der Waals surface area contributed by atoms with E-state index in [1.807, 2.05) is 12.1 Å². The van der Waals surface area contributed by atoms with Gasteiger partial charge < -0.3 is 9.32 Å². The number of halogens is 1. The number of pyridine rings is 1. The number of furan rings is 1. The maximum absolute atomic E-state index is 9.01. The Hall–Kier alpha value is -1.99. The van der Waals surface area contributed by atoms with Crippen LogP contribution in [-0.4, -0.2) is 11.0 Å². The Balaban J connectivity index is 1.92. The molecule has 0 aliphatic heterocycles. The molecule has 96 valence electrons. The second kappa shape index (κ2) is 4.94. The summed E-state index contributed by atoms with van der Waals surface area (Å²) in [5.41, 5.74) is 0.528. The summed E-state index contributed by atoms with van der Waals surface area (Å²) < 4.78 is 5.38. The molecule has 0 saturated heterocycles. The Morgan fingerprint density at radius 3 is 2.95 bits per heavy atom. The largest absolute Gasteiger partial charge is 0.467 e. The molecule has 2 heterocycles. The summed E-state index contributed by atoms with van der Waals surface area (Å²) in [5.74, 6) is 1.62. The zero-order valence-electron chi connectivity index (χ0n) is 10.2. The van der Waals surface area contributed by atoms with Gasteiger partial charge in [-0.25, -0.2) is 4.98 Å². The Morgan fingerprint density at radius 2 is 2.32 bits per heavy atom. The van der Waals surface area contributed by atoms with E-state index in [2.05, 4.69) is 16.0 Å². The average molecular weight is 274 g/mol. The summed E-state index contributed by atoms with van der Waals surface area (Å²) in [7, 11) is 0. The van der Waals surface area contributed by atoms with Crippen molar-refractivity contribution in [3.63, 3.8) is 0 Å². The molecule has 5 heteroatoms. The van der Waals surface area contributed by atoms with Gasteiger partial charge in [0.25, 0.3) is 0 Å². The quantitative estimate of drug-likeness (QED) is 0.802. The van der Waals surface area contributed by atoms with E-state index in [0.29, 0.717) is 23.3 Å². The number of aromatic nitrogens is 1. The molecule has 2 aromatic rings. The van der Waals surface area contributed by atoms with Gasteiger partial charge in [0.1, 0.15) is 16.7 Å². The van der Waals surface area contributed by atoms with E-state index in [1.54, 1.807) is 18.4 Å². The van der Waals surface area contributed by atoms with Crippen molar-refractivity contribution >= 4 is 17.4 Å². The van der Waals surface area contributed by atoms with Crippen molar-refractivity contribution in [2.24, 2.45) is 0 Å². The van der Waals surface area contributed by atoms with Gasteiger partial charge >= 0.3 is 0 Å². The van der Waals surface area contributed by atoms with Gasteiger partial charge in [0.15, 0.2) is 0 Å². The van der Waals surface area contributed by atoms with E-state index in [1.165, 1.54) is 0 Å².